The van der Waals surface area contributed by atoms with Crippen molar-refractivity contribution in [1.29, 1.82) is 0 Å². The third-order valence-electron chi connectivity index (χ3n) is 9.40. The molecule has 0 unspecified atom stereocenters. The van der Waals surface area contributed by atoms with Gasteiger partial charge in [-0.2, -0.15) is 0 Å². The van der Waals surface area contributed by atoms with Crippen molar-refractivity contribution < 1.29 is 19.1 Å². The highest BCUT2D eigenvalue weighted by molar-refractivity contribution is 8.18. The van der Waals surface area contributed by atoms with Gasteiger partial charge in [-0.1, -0.05) is 32.0 Å². The lowest BCUT2D eigenvalue weighted by Crippen LogP contribution is -2.48. The lowest BCUT2D eigenvalue weighted by atomic mass is 9.48. The van der Waals surface area contributed by atoms with Crippen LogP contribution in [0.2, 0.25) is 0 Å². The molecule has 0 radical (unpaired) electrons. The van der Waals surface area contributed by atoms with Gasteiger partial charge in [-0.25, -0.2) is 0 Å². The van der Waals surface area contributed by atoms with Crippen LogP contribution in [-0.2, 0) is 10.2 Å². The topological polar surface area (TPSA) is 55.8 Å². The van der Waals surface area contributed by atoms with E-state index in [0.29, 0.717) is 10.8 Å². The van der Waals surface area contributed by atoms with Crippen molar-refractivity contribution in [3.63, 3.8) is 0 Å². The maximum absolute atomic E-state index is 13.3. The number of hydrogen-bond acceptors (Lipinski definition) is 5. The molecule has 2 aromatic carbocycles. The van der Waals surface area contributed by atoms with Crippen molar-refractivity contribution in [1.82, 2.24) is 4.90 Å². The molecule has 0 atom stereocenters. The van der Waals surface area contributed by atoms with Gasteiger partial charge in [-0.15, -0.1) is 0 Å². The van der Waals surface area contributed by atoms with E-state index in [4.69, 9.17) is 9.47 Å². The summed E-state index contributed by atoms with van der Waals surface area (Å²) in [7, 11) is 1.66. The number of hydrogen-bond donors (Lipinski definition) is 0. The second-order valence-electron chi connectivity index (χ2n) is 12.5. The number of carbonyl (C=O) groups is 2. The Morgan fingerprint density at radius 2 is 1.69 bits per heavy atom. The maximum Gasteiger partial charge on any atom is 0.293 e. The molecule has 5 aliphatic rings. The number of aryl methyl sites for hydroxylation is 1. The fourth-order valence-electron chi connectivity index (χ4n) is 7.97. The molecule has 0 spiro atoms. The predicted octanol–water partition coefficient (Wildman–Crippen LogP) is 7.71. The molecular formula is C33H39NO4S. The van der Waals surface area contributed by atoms with Crippen LogP contribution in [0.3, 0.4) is 0 Å². The molecule has 4 saturated carbocycles. The van der Waals surface area contributed by atoms with Gasteiger partial charge in [0.05, 0.1) is 18.6 Å². The molecule has 0 aromatic heterocycles. The minimum Gasteiger partial charge on any atom is -0.496 e. The molecule has 2 aromatic rings. The Morgan fingerprint density at radius 3 is 2.33 bits per heavy atom. The SMILES string of the molecule is COc1ccc(C23CC4CC(CC(C4)C2)C3)cc1/C=C1\SC(=O)N(CCOc2cc(C)ccc2C(C)C)C1=O. The Hall–Kier alpha value is -2.73. The number of nitrogens with zero attached hydrogens (tertiary/aromatic N) is 1. The number of benzene rings is 2. The summed E-state index contributed by atoms with van der Waals surface area (Å²) in [6.45, 7) is 6.78. The van der Waals surface area contributed by atoms with Crippen molar-refractivity contribution in [2.45, 2.75) is 70.6 Å². The molecule has 2 amide bonds. The third kappa shape index (κ3) is 5.01. The van der Waals surface area contributed by atoms with Gasteiger partial charge >= 0.3 is 0 Å². The highest BCUT2D eigenvalue weighted by Gasteiger charge is 2.51. The number of ether oxygens (including phenoxy) is 2. The molecular weight excluding hydrogens is 506 g/mol. The maximum atomic E-state index is 13.3. The van der Waals surface area contributed by atoms with Crippen LogP contribution in [0.4, 0.5) is 4.79 Å². The number of amides is 2. The van der Waals surface area contributed by atoms with Crippen LogP contribution in [0.15, 0.2) is 41.3 Å². The number of methoxy groups -OCH3 is 1. The van der Waals surface area contributed by atoms with Gasteiger partial charge in [0.2, 0.25) is 0 Å². The molecule has 0 N–H and O–H groups in total. The molecule has 206 valence electrons. The van der Waals surface area contributed by atoms with E-state index in [2.05, 4.69) is 38.1 Å². The highest BCUT2D eigenvalue weighted by Crippen LogP contribution is 2.61. The standard InChI is InChI=1S/C33H39NO4S/c1-20(2)27-7-5-21(3)11-29(27)38-10-9-34-31(35)30(39-32(34)36)16-25-15-26(6-8-28(25)37-4)33-17-22-12-23(18-33)14-24(13-22)19-33/h5-8,11,15-16,20,22-24H,9-10,12-14,17-19H2,1-4H3/b30-16-. The summed E-state index contributed by atoms with van der Waals surface area (Å²) >= 11 is 1.01. The Labute approximate surface area is 236 Å². The van der Waals surface area contributed by atoms with Crippen molar-refractivity contribution in [3.05, 3.63) is 63.6 Å². The second kappa shape index (κ2) is 10.3. The number of imide groups is 1. The van der Waals surface area contributed by atoms with Crippen LogP contribution in [-0.4, -0.2) is 36.3 Å². The smallest absolute Gasteiger partial charge is 0.293 e. The summed E-state index contributed by atoms with van der Waals surface area (Å²) in [6, 6.07) is 12.7. The van der Waals surface area contributed by atoms with Crippen LogP contribution in [0.25, 0.3) is 6.08 Å². The molecule has 1 aliphatic heterocycles. The van der Waals surface area contributed by atoms with Gasteiger partial charge in [0.15, 0.2) is 0 Å². The van der Waals surface area contributed by atoms with Gasteiger partial charge in [0, 0.05) is 5.56 Å². The minimum absolute atomic E-state index is 0.220. The third-order valence-corrected chi connectivity index (χ3v) is 10.3. The first-order valence-electron chi connectivity index (χ1n) is 14.4. The van der Waals surface area contributed by atoms with E-state index in [1.54, 1.807) is 7.11 Å². The molecule has 7 rings (SSSR count). The summed E-state index contributed by atoms with van der Waals surface area (Å²) < 4.78 is 11.8. The zero-order chi connectivity index (χ0) is 27.3. The summed E-state index contributed by atoms with van der Waals surface area (Å²) in [5.74, 6) is 4.19. The van der Waals surface area contributed by atoms with E-state index in [1.165, 1.54) is 49.0 Å². The van der Waals surface area contributed by atoms with E-state index in [0.717, 1.165) is 57.7 Å². The number of rotatable bonds is 8. The van der Waals surface area contributed by atoms with Gasteiger partial charge in [0.1, 0.15) is 18.1 Å². The monoisotopic (exact) mass is 545 g/mol. The zero-order valence-electron chi connectivity index (χ0n) is 23.5. The molecule has 4 bridgehead atoms. The van der Waals surface area contributed by atoms with Gasteiger partial charge < -0.3 is 9.47 Å². The highest BCUT2D eigenvalue weighted by atomic mass is 32.2. The Kier molecular flexibility index (Phi) is 7.03. The molecule has 4 aliphatic carbocycles. The fourth-order valence-corrected chi connectivity index (χ4v) is 8.82. The van der Waals surface area contributed by atoms with E-state index in [9.17, 15) is 9.59 Å². The Morgan fingerprint density at radius 1 is 1.00 bits per heavy atom. The van der Waals surface area contributed by atoms with E-state index in [-0.39, 0.29) is 29.7 Å². The number of carbonyl (C=O) groups excluding carboxylic acids is 2. The number of thioether (sulfide) groups is 1. The molecule has 5 fully saturated rings. The second-order valence-corrected chi connectivity index (χ2v) is 13.5. The first-order chi connectivity index (χ1) is 18.7. The van der Waals surface area contributed by atoms with Crippen molar-refractivity contribution >= 4 is 29.0 Å². The summed E-state index contributed by atoms with van der Waals surface area (Å²) in [5.41, 5.74) is 4.76. The normalized spacial score (nSPS) is 28.7. The first kappa shape index (κ1) is 26.5. The van der Waals surface area contributed by atoms with Crippen molar-refractivity contribution in [3.8, 4) is 11.5 Å². The van der Waals surface area contributed by atoms with Crippen LogP contribution >= 0.6 is 11.8 Å². The zero-order valence-corrected chi connectivity index (χ0v) is 24.3. The first-order valence-corrected chi connectivity index (χ1v) is 15.2. The van der Waals surface area contributed by atoms with E-state index in [1.807, 2.05) is 25.1 Å². The average molecular weight is 546 g/mol. The Bertz CT molecular complexity index is 1290. The van der Waals surface area contributed by atoms with Crippen molar-refractivity contribution in [2.24, 2.45) is 17.8 Å². The Balaban J connectivity index is 1.19. The summed E-state index contributed by atoms with van der Waals surface area (Å²) in [5, 5.41) is -0.251. The predicted molar refractivity (Wildman–Crippen MR) is 156 cm³/mol. The van der Waals surface area contributed by atoms with Gasteiger partial charge in [-0.3, -0.25) is 14.5 Å². The largest absolute Gasteiger partial charge is 0.496 e. The van der Waals surface area contributed by atoms with Crippen LogP contribution in [0, 0.1) is 24.7 Å². The molecule has 6 heteroatoms. The molecule has 1 heterocycles. The average Bonchev–Trinajstić information content (AvgIpc) is 3.15. The summed E-state index contributed by atoms with van der Waals surface area (Å²) in [6.07, 6.45) is 9.90. The quantitative estimate of drug-likeness (QED) is 0.318. The molecule has 39 heavy (non-hydrogen) atoms. The van der Waals surface area contributed by atoms with E-state index < -0.39 is 0 Å². The fraction of sp³-hybridized carbons (Fsp3) is 0.515. The molecule has 1 saturated heterocycles. The van der Waals surface area contributed by atoms with Crippen LogP contribution < -0.4 is 9.47 Å². The lowest BCUT2D eigenvalue weighted by Gasteiger charge is -2.57. The van der Waals surface area contributed by atoms with Gasteiger partial charge in [-0.05, 0) is 127 Å². The van der Waals surface area contributed by atoms with E-state index >= 15 is 0 Å². The lowest BCUT2D eigenvalue weighted by molar-refractivity contribution is -0.123. The van der Waals surface area contributed by atoms with Crippen LogP contribution in [0.1, 0.15) is 80.5 Å². The van der Waals surface area contributed by atoms with Gasteiger partial charge in [0.25, 0.3) is 11.1 Å². The van der Waals surface area contributed by atoms with Crippen LogP contribution in [0.5, 0.6) is 11.5 Å². The molecule has 5 nitrogen and oxygen atoms in total. The summed E-state index contributed by atoms with van der Waals surface area (Å²) in [4.78, 5) is 27.9. The van der Waals surface area contributed by atoms with Crippen molar-refractivity contribution in [2.75, 3.05) is 20.3 Å². The minimum atomic E-state index is -0.260.